The van der Waals surface area contributed by atoms with Crippen LogP contribution < -0.4 is 0 Å². The molecule has 0 aromatic rings. The van der Waals surface area contributed by atoms with Crippen molar-refractivity contribution in [2.45, 2.75) is 44.4 Å². The number of hydrogen-bond acceptors (Lipinski definition) is 7. The van der Waals surface area contributed by atoms with Crippen molar-refractivity contribution >= 4 is 0 Å². The van der Waals surface area contributed by atoms with Gasteiger partial charge in [0.05, 0.1) is 6.10 Å². The van der Waals surface area contributed by atoms with E-state index in [0.717, 1.165) is 39.0 Å². The van der Waals surface area contributed by atoms with Crippen LogP contribution in [-0.2, 0) is 18.9 Å². The van der Waals surface area contributed by atoms with E-state index in [9.17, 15) is 5.11 Å². The van der Waals surface area contributed by atoms with Gasteiger partial charge in [-0.15, -0.1) is 0 Å². The molecule has 0 radical (unpaired) electrons. The number of likely N-dealkylation sites (tertiary alicyclic amines) is 1. The molecule has 25 heavy (non-hydrogen) atoms. The lowest BCUT2D eigenvalue weighted by Crippen LogP contribution is -2.46. The Bertz CT molecular complexity index is 358. The van der Waals surface area contributed by atoms with E-state index < -0.39 is 0 Å². The minimum atomic E-state index is -0.263. The molecule has 1 saturated carbocycles. The molecule has 1 aliphatic heterocycles. The smallest absolute Gasteiger partial charge is 0.169 e. The van der Waals surface area contributed by atoms with Gasteiger partial charge in [0.15, 0.2) is 12.6 Å². The predicted octanol–water partition coefficient (Wildman–Crippen LogP) is 0.763. The molecule has 0 aromatic heterocycles. The summed E-state index contributed by atoms with van der Waals surface area (Å²) >= 11 is 0. The standard InChI is InChI=1S/C18H36N2O5/c1-22-16(23-2)13-20(14-17(24-3)25-4)10-5-9-19-11-8-18(6-7-18)15(21)12-19/h15-17,21H,5-14H2,1-4H3/t15-/m1/s1. The normalized spacial score (nSPS) is 23.3. The number of aliphatic hydroxyl groups is 1. The molecule has 1 spiro atoms. The second-order valence-electron chi connectivity index (χ2n) is 7.34. The Balaban J connectivity index is 1.75. The summed E-state index contributed by atoms with van der Waals surface area (Å²) in [6.45, 7) is 5.17. The first-order chi connectivity index (χ1) is 12.1. The average molecular weight is 360 g/mol. The second kappa shape index (κ2) is 10.2. The quantitative estimate of drug-likeness (QED) is 0.516. The molecule has 1 aliphatic carbocycles. The van der Waals surface area contributed by atoms with Crippen LogP contribution in [0.1, 0.15) is 25.7 Å². The van der Waals surface area contributed by atoms with Crippen molar-refractivity contribution in [2.24, 2.45) is 5.41 Å². The van der Waals surface area contributed by atoms with Gasteiger partial charge in [0, 0.05) is 48.1 Å². The average Bonchev–Trinajstić information content (AvgIpc) is 3.41. The fourth-order valence-electron chi connectivity index (χ4n) is 3.71. The van der Waals surface area contributed by atoms with E-state index in [1.165, 1.54) is 12.8 Å². The van der Waals surface area contributed by atoms with E-state index in [0.29, 0.717) is 13.1 Å². The highest BCUT2D eigenvalue weighted by Crippen LogP contribution is 2.53. The van der Waals surface area contributed by atoms with Gasteiger partial charge in [0.25, 0.3) is 0 Å². The summed E-state index contributed by atoms with van der Waals surface area (Å²) in [5.41, 5.74) is 0.275. The zero-order valence-electron chi connectivity index (χ0n) is 16.3. The molecule has 0 amide bonds. The molecule has 1 saturated heterocycles. The predicted molar refractivity (Wildman–Crippen MR) is 95.4 cm³/mol. The van der Waals surface area contributed by atoms with Gasteiger partial charge in [0.2, 0.25) is 0 Å². The largest absolute Gasteiger partial charge is 0.391 e. The Morgan fingerprint density at radius 3 is 2.00 bits per heavy atom. The number of ether oxygens (including phenoxy) is 4. The Morgan fingerprint density at radius 2 is 1.56 bits per heavy atom. The van der Waals surface area contributed by atoms with Crippen molar-refractivity contribution in [1.29, 1.82) is 0 Å². The van der Waals surface area contributed by atoms with Crippen LogP contribution in [0, 0.1) is 5.41 Å². The lowest BCUT2D eigenvalue weighted by molar-refractivity contribution is -0.144. The number of β-amino-alcohol motifs (C(OH)–C–C–N with tert-alkyl or cyclic N) is 1. The fourth-order valence-corrected chi connectivity index (χ4v) is 3.71. The van der Waals surface area contributed by atoms with E-state index in [1.807, 2.05) is 0 Å². The number of nitrogens with zero attached hydrogens (tertiary/aromatic N) is 2. The second-order valence-corrected chi connectivity index (χ2v) is 7.34. The Labute approximate surface area is 152 Å². The summed E-state index contributed by atoms with van der Waals surface area (Å²) in [5, 5.41) is 10.3. The summed E-state index contributed by atoms with van der Waals surface area (Å²) < 4.78 is 21.3. The third-order valence-electron chi connectivity index (χ3n) is 5.77. The van der Waals surface area contributed by atoms with Gasteiger partial charge in [-0.05, 0) is 50.7 Å². The first kappa shape index (κ1) is 21.0. The lowest BCUT2D eigenvalue weighted by Gasteiger charge is -2.37. The molecule has 148 valence electrons. The van der Waals surface area contributed by atoms with Gasteiger partial charge < -0.3 is 29.0 Å². The summed E-state index contributed by atoms with van der Waals surface area (Å²) in [6, 6.07) is 0. The Hall–Kier alpha value is -0.280. The molecule has 0 aromatic carbocycles. The molecule has 0 unspecified atom stereocenters. The fraction of sp³-hybridized carbons (Fsp3) is 1.00. The number of piperidine rings is 1. The highest BCUT2D eigenvalue weighted by atomic mass is 16.7. The number of aliphatic hydroxyl groups excluding tert-OH is 1. The molecule has 7 heteroatoms. The van der Waals surface area contributed by atoms with Crippen molar-refractivity contribution < 1.29 is 24.1 Å². The first-order valence-electron chi connectivity index (χ1n) is 9.31. The summed E-state index contributed by atoms with van der Waals surface area (Å²) in [4.78, 5) is 4.64. The van der Waals surface area contributed by atoms with E-state index >= 15 is 0 Å². The van der Waals surface area contributed by atoms with Gasteiger partial charge in [-0.1, -0.05) is 0 Å². The summed E-state index contributed by atoms with van der Waals surface area (Å²) in [6.07, 6.45) is 3.92. The molecule has 1 heterocycles. The van der Waals surface area contributed by atoms with E-state index in [4.69, 9.17) is 18.9 Å². The minimum Gasteiger partial charge on any atom is -0.391 e. The van der Waals surface area contributed by atoms with Crippen molar-refractivity contribution in [3.05, 3.63) is 0 Å². The van der Waals surface area contributed by atoms with Crippen LogP contribution in [0.4, 0.5) is 0 Å². The van der Waals surface area contributed by atoms with Gasteiger partial charge in [-0.3, -0.25) is 4.90 Å². The van der Waals surface area contributed by atoms with Crippen molar-refractivity contribution in [3.8, 4) is 0 Å². The van der Waals surface area contributed by atoms with Gasteiger partial charge in [-0.25, -0.2) is 0 Å². The Morgan fingerprint density at radius 1 is 1.00 bits per heavy atom. The molecular weight excluding hydrogens is 324 g/mol. The van der Waals surface area contributed by atoms with Crippen molar-refractivity contribution in [3.63, 3.8) is 0 Å². The molecule has 2 rings (SSSR count). The third kappa shape index (κ3) is 6.13. The van der Waals surface area contributed by atoms with Crippen molar-refractivity contribution in [1.82, 2.24) is 9.80 Å². The molecule has 7 nitrogen and oxygen atoms in total. The zero-order chi connectivity index (χ0) is 18.3. The maximum atomic E-state index is 10.3. The van der Waals surface area contributed by atoms with Crippen LogP contribution in [0.15, 0.2) is 0 Å². The van der Waals surface area contributed by atoms with Gasteiger partial charge in [-0.2, -0.15) is 0 Å². The molecule has 1 atom stereocenters. The highest BCUT2D eigenvalue weighted by Gasteiger charge is 2.50. The lowest BCUT2D eigenvalue weighted by atomic mass is 9.90. The number of methoxy groups -OCH3 is 4. The maximum Gasteiger partial charge on any atom is 0.169 e. The van der Waals surface area contributed by atoms with Crippen LogP contribution in [0.5, 0.6) is 0 Å². The van der Waals surface area contributed by atoms with E-state index in [1.54, 1.807) is 28.4 Å². The van der Waals surface area contributed by atoms with Gasteiger partial charge >= 0.3 is 0 Å². The van der Waals surface area contributed by atoms with Crippen LogP contribution in [0.2, 0.25) is 0 Å². The summed E-state index contributed by atoms with van der Waals surface area (Å²) in [5.74, 6) is 0. The number of rotatable bonds is 12. The van der Waals surface area contributed by atoms with Crippen molar-refractivity contribution in [2.75, 3.05) is 67.7 Å². The molecule has 2 aliphatic rings. The maximum absolute atomic E-state index is 10.3. The minimum absolute atomic E-state index is 0.143. The Kier molecular flexibility index (Phi) is 8.54. The monoisotopic (exact) mass is 360 g/mol. The molecular formula is C18H36N2O5. The zero-order valence-corrected chi connectivity index (χ0v) is 16.3. The molecule has 2 fully saturated rings. The van der Waals surface area contributed by atoms with Crippen LogP contribution in [0.25, 0.3) is 0 Å². The number of hydrogen-bond donors (Lipinski definition) is 1. The third-order valence-corrected chi connectivity index (χ3v) is 5.77. The molecule has 0 bridgehead atoms. The first-order valence-corrected chi connectivity index (χ1v) is 9.31. The van der Waals surface area contributed by atoms with Gasteiger partial charge in [0.1, 0.15) is 0 Å². The van der Waals surface area contributed by atoms with Crippen LogP contribution in [0.3, 0.4) is 0 Å². The highest BCUT2D eigenvalue weighted by molar-refractivity contribution is 5.02. The topological polar surface area (TPSA) is 63.6 Å². The van der Waals surface area contributed by atoms with E-state index in [2.05, 4.69) is 9.80 Å². The summed E-state index contributed by atoms with van der Waals surface area (Å²) in [7, 11) is 6.61. The molecule has 1 N–H and O–H groups in total. The SMILES string of the molecule is COC(CN(CCCN1CCC2(CC2)[C@H](O)C1)CC(OC)OC)OC. The van der Waals surface area contributed by atoms with Crippen LogP contribution in [-0.4, -0.2) is 101 Å². The van der Waals surface area contributed by atoms with Crippen LogP contribution >= 0.6 is 0 Å². The van der Waals surface area contributed by atoms with E-state index in [-0.39, 0.29) is 24.1 Å².